The highest BCUT2D eigenvalue weighted by Crippen LogP contribution is 2.27. The second kappa shape index (κ2) is 4.19. The molecule has 2 heterocycles. The van der Waals surface area contributed by atoms with Gasteiger partial charge >= 0.3 is 0 Å². The molecule has 1 unspecified atom stereocenters. The molecule has 2 aliphatic rings. The van der Waals surface area contributed by atoms with E-state index >= 15 is 0 Å². The minimum absolute atomic E-state index is 0.560. The molecule has 16 heavy (non-hydrogen) atoms. The van der Waals surface area contributed by atoms with Crippen LogP contribution >= 0.6 is 0 Å². The van der Waals surface area contributed by atoms with Crippen LogP contribution in [0.2, 0.25) is 0 Å². The maximum Gasteiger partial charge on any atom is 0.0454 e. The van der Waals surface area contributed by atoms with E-state index in [1.54, 1.807) is 11.1 Å². The second-order valence-electron chi connectivity index (χ2n) is 5.06. The Morgan fingerprint density at radius 1 is 1.38 bits per heavy atom. The molecule has 1 saturated heterocycles. The van der Waals surface area contributed by atoms with Gasteiger partial charge in [-0.2, -0.15) is 0 Å². The van der Waals surface area contributed by atoms with Gasteiger partial charge in [0.05, 0.1) is 0 Å². The third-order valence-corrected chi connectivity index (χ3v) is 3.94. The quantitative estimate of drug-likeness (QED) is 0.812. The lowest BCUT2D eigenvalue weighted by molar-refractivity contribution is 0.159. The van der Waals surface area contributed by atoms with Crippen molar-refractivity contribution in [2.45, 2.75) is 25.8 Å². The van der Waals surface area contributed by atoms with Gasteiger partial charge in [-0.25, -0.2) is 0 Å². The van der Waals surface area contributed by atoms with E-state index < -0.39 is 0 Å². The van der Waals surface area contributed by atoms with Crippen LogP contribution in [0.1, 0.15) is 29.2 Å². The Morgan fingerprint density at radius 3 is 3.00 bits per heavy atom. The SMILES string of the molecule is Cc1cccc2c1C(CN1CCC1)NCC2. The fourth-order valence-electron chi connectivity index (χ4n) is 2.92. The largest absolute Gasteiger partial charge is 0.309 e. The fourth-order valence-corrected chi connectivity index (χ4v) is 2.92. The minimum atomic E-state index is 0.560. The molecule has 1 atom stereocenters. The van der Waals surface area contributed by atoms with E-state index in [0.717, 1.165) is 6.54 Å². The molecule has 86 valence electrons. The van der Waals surface area contributed by atoms with Crippen LogP contribution in [0.5, 0.6) is 0 Å². The van der Waals surface area contributed by atoms with Crippen LogP contribution in [-0.4, -0.2) is 31.1 Å². The van der Waals surface area contributed by atoms with Crippen LogP contribution in [0, 0.1) is 6.92 Å². The van der Waals surface area contributed by atoms with Crippen molar-refractivity contribution in [3.05, 3.63) is 34.9 Å². The highest BCUT2D eigenvalue weighted by molar-refractivity contribution is 5.39. The van der Waals surface area contributed by atoms with Crippen LogP contribution < -0.4 is 5.32 Å². The Morgan fingerprint density at radius 2 is 2.25 bits per heavy atom. The normalized spacial score (nSPS) is 24.9. The summed E-state index contributed by atoms with van der Waals surface area (Å²) in [5.74, 6) is 0. The van der Waals surface area contributed by atoms with Crippen molar-refractivity contribution in [3.8, 4) is 0 Å². The number of nitrogens with zero attached hydrogens (tertiary/aromatic N) is 1. The molecule has 1 N–H and O–H groups in total. The molecule has 2 nitrogen and oxygen atoms in total. The summed E-state index contributed by atoms with van der Waals surface area (Å²) >= 11 is 0. The van der Waals surface area contributed by atoms with Crippen LogP contribution in [-0.2, 0) is 6.42 Å². The van der Waals surface area contributed by atoms with Crippen LogP contribution in [0.3, 0.4) is 0 Å². The molecule has 1 aromatic rings. The van der Waals surface area contributed by atoms with Crippen molar-refractivity contribution in [1.82, 2.24) is 10.2 Å². The van der Waals surface area contributed by atoms with E-state index in [1.807, 2.05) is 0 Å². The van der Waals surface area contributed by atoms with Crippen molar-refractivity contribution in [3.63, 3.8) is 0 Å². The van der Waals surface area contributed by atoms with Gasteiger partial charge in [-0.05, 0) is 56.1 Å². The number of likely N-dealkylation sites (tertiary alicyclic amines) is 1. The molecule has 0 radical (unpaired) electrons. The lowest BCUT2D eigenvalue weighted by Crippen LogP contribution is -2.45. The molecule has 3 rings (SSSR count). The third kappa shape index (κ3) is 1.76. The van der Waals surface area contributed by atoms with Gasteiger partial charge in [0, 0.05) is 12.6 Å². The molecule has 0 aromatic heterocycles. The lowest BCUT2D eigenvalue weighted by atomic mass is 9.90. The fraction of sp³-hybridized carbons (Fsp3) is 0.571. The van der Waals surface area contributed by atoms with E-state index in [-0.39, 0.29) is 0 Å². The smallest absolute Gasteiger partial charge is 0.0454 e. The standard InChI is InChI=1S/C14H20N2/c1-11-4-2-5-12-6-7-15-13(14(11)12)10-16-8-3-9-16/h2,4-5,13,15H,3,6-10H2,1H3. The zero-order valence-electron chi connectivity index (χ0n) is 10.00. The van der Waals surface area contributed by atoms with Gasteiger partial charge in [-0.1, -0.05) is 18.2 Å². The van der Waals surface area contributed by atoms with Gasteiger partial charge in [-0.15, -0.1) is 0 Å². The number of rotatable bonds is 2. The summed E-state index contributed by atoms with van der Waals surface area (Å²) in [6, 6.07) is 7.30. The molecule has 0 saturated carbocycles. The van der Waals surface area contributed by atoms with E-state index in [2.05, 4.69) is 35.3 Å². The molecule has 1 fully saturated rings. The van der Waals surface area contributed by atoms with Crippen LogP contribution in [0.4, 0.5) is 0 Å². The average Bonchev–Trinajstić information content (AvgIpc) is 2.24. The predicted octanol–water partition coefficient (Wildman–Crippen LogP) is 1.89. The monoisotopic (exact) mass is 216 g/mol. The maximum atomic E-state index is 3.67. The molecule has 2 aliphatic heterocycles. The molecular formula is C14H20N2. The zero-order valence-corrected chi connectivity index (χ0v) is 10.00. The van der Waals surface area contributed by atoms with Gasteiger partial charge in [0.15, 0.2) is 0 Å². The van der Waals surface area contributed by atoms with Gasteiger partial charge < -0.3 is 10.2 Å². The van der Waals surface area contributed by atoms with Crippen molar-refractivity contribution in [2.75, 3.05) is 26.2 Å². The number of benzene rings is 1. The zero-order chi connectivity index (χ0) is 11.0. The number of hydrogen-bond donors (Lipinski definition) is 1. The summed E-state index contributed by atoms with van der Waals surface area (Å²) in [4.78, 5) is 2.55. The number of hydrogen-bond acceptors (Lipinski definition) is 2. The Balaban J connectivity index is 1.86. The molecular weight excluding hydrogens is 196 g/mol. The van der Waals surface area contributed by atoms with Crippen molar-refractivity contribution in [1.29, 1.82) is 0 Å². The van der Waals surface area contributed by atoms with Crippen LogP contribution in [0.25, 0.3) is 0 Å². The van der Waals surface area contributed by atoms with Crippen LogP contribution in [0.15, 0.2) is 18.2 Å². The first-order valence-corrected chi connectivity index (χ1v) is 6.39. The lowest BCUT2D eigenvalue weighted by Gasteiger charge is -2.37. The topological polar surface area (TPSA) is 15.3 Å². The Kier molecular flexibility index (Phi) is 2.70. The minimum Gasteiger partial charge on any atom is -0.309 e. The van der Waals surface area contributed by atoms with E-state index in [0.29, 0.717) is 6.04 Å². The molecule has 1 aromatic carbocycles. The molecule has 0 spiro atoms. The van der Waals surface area contributed by atoms with E-state index in [1.165, 1.54) is 38.0 Å². The number of aryl methyl sites for hydroxylation is 1. The Bertz CT molecular complexity index is 382. The molecule has 2 heteroatoms. The number of nitrogens with one attached hydrogen (secondary N) is 1. The Labute approximate surface area is 97.6 Å². The summed E-state index contributed by atoms with van der Waals surface area (Å²) < 4.78 is 0. The Hall–Kier alpha value is -0.860. The first-order chi connectivity index (χ1) is 7.84. The molecule has 0 aliphatic carbocycles. The summed E-state index contributed by atoms with van der Waals surface area (Å²) in [7, 11) is 0. The van der Waals surface area contributed by atoms with Crippen molar-refractivity contribution < 1.29 is 0 Å². The third-order valence-electron chi connectivity index (χ3n) is 3.94. The number of fused-ring (bicyclic) bond motifs is 1. The first-order valence-electron chi connectivity index (χ1n) is 6.39. The van der Waals surface area contributed by atoms with Gasteiger partial charge in [0.1, 0.15) is 0 Å². The van der Waals surface area contributed by atoms with Gasteiger partial charge in [-0.3, -0.25) is 0 Å². The highest BCUT2D eigenvalue weighted by Gasteiger charge is 2.25. The first kappa shape index (κ1) is 10.3. The summed E-state index contributed by atoms with van der Waals surface area (Å²) in [6.07, 6.45) is 2.57. The van der Waals surface area contributed by atoms with Crippen molar-refractivity contribution >= 4 is 0 Å². The molecule has 0 amide bonds. The second-order valence-corrected chi connectivity index (χ2v) is 5.06. The molecule has 0 bridgehead atoms. The van der Waals surface area contributed by atoms with E-state index in [4.69, 9.17) is 0 Å². The average molecular weight is 216 g/mol. The highest BCUT2D eigenvalue weighted by atomic mass is 15.2. The van der Waals surface area contributed by atoms with E-state index in [9.17, 15) is 0 Å². The summed E-state index contributed by atoms with van der Waals surface area (Å²) in [6.45, 7) is 7.15. The summed E-state index contributed by atoms with van der Waals surface area (Å²) in [5, 5.41) is 3.67. The van der Waals surface area contributed by atoms with Gasteiger partial charge in [0.2, 0.25) is 0 Å². The summed E-state index contributed by atoms with van der Waals surface area (Å²) in [5.41, 5.74) is 4.58. The van der Waals surface area contributed by atoms with Crippen molar-refractivity contribution in [2.24, 2.45) is 0 Å². The maximum absolute atomic E-state index is 3.67. The van der Waals surface area contributed by atoms with Gasteiger partial charge in [0.25, 0.3) is 0 Å². The predicted molar refractivity (Wildman–Crippen MR) is 66.7 cm³/mol.